The SMILES string of the molecule is COc1ccc(C)cc1C1(CNc2cc(Cl)nc(N)n2)CCOCC1. The average molecular weight is 363 g/mol. The Morgan fingerprint density at radius 1 is 1.28 bits per heavy atom. The van der Waals surface area contributed by atoms with Gasteiger partial charge in [0.25, 0.3) is 0 Å². The van der Waals surface area contributed by atoms with E-state index in [4.69, 9.17) is 26.8 Å². The first-order chi connectivity index (χ1) is 12.0. The normalized spacial score (nSPS) is 16.4. The Balaban J connectivity index is 1.92. The number of nitrogen functional groups attached to an aromatic ring is 1. The smallest absolute Gasteiger partial charge is 0.223 e. The highest BCUT2D eigenvalue weighted by Gasteiger charge is 2.37. The van der Waals surface area contributed by atoms with E-state index in [0.717, 1.165) is 18.6 Å². The molecule has 1 aromatic heterocycles. The molecule has 2 heterocycles. The molecule has 0 atom stereocenters. The summed E-state index contributed by atoms with van der Waals surface area (Å²) in [6.07, 6.45) is 1.79. The molecule has 0 bridgehead atoms. The topological polar surface area (TPSA) is 82.3 Å². The van der Waals surface area contributed by atoms with Crippen LogP contribution < -0.4 is 15.8 Å². The van der Waals surface area contributed by atoms with E-state index in [-0.39, 0.29) is 11.4 Å². The van der Waals surface area contributed by atoms with Gasteiger partial charge in [0, 0.05) is 36.8 Å². The summed E-state index contributed by atoms with van der Waals surface area (Å²) in [5.74, 6) is 1.67. The molecular weight excluding hydrogens is 340 g/mol. The van der Waals surface area contributed by atoms with E-state index in [1.54, 1.807) is 13.2 Å². The number of benzene rings is 1. The van der Waals surface area contributed by atoms with Gasteiger partial charge in [0.2, 0.25) is 5.95 Å². The van der Waals surface area contributed by atoms with E-state index in [2.05, 4.69) is 34.3 Å². The number of aromatic nitrogens is 2. The van der Waals surface area contributed by atoms with Crippen LogP contribution in [0.1, 0.15) is 24.0 Å². The molecule has 0 saturated carbocycles. The zero-order chi connectivity index (χ0) is 17.9. The van der Waals surface area contributed by atoms with E-state index < -0.39 is 0 Å². The van der Waals surface area contributed by atoms with Crippen LogP contribution in [0, 0.1) is 6.92 Å². The van der Waals surface area contributed by atoms with Gasteiger partial charge in [-0.2, -0.15) is 4.98 Å². The van der Waals surface area contributed by atoms with Crippen LogP contribution in [0.5, 0.6) is 5.75 Å². The second kappa shape index (κ2) is 7.45. The Labute approximate surface area is 152 Å². The maximum atomic E-state index is 5.98. The third-order valence-electron chi connectivity index (χ3n) is 4.70. The van der Waals surface area contributed by atoms with Gasteiger partial charge in [-0.1, -0.05) is 29.3 Å². The van der Waals surface area contributed by atoms with Gasteiger partial charge >= 0.3 is 0 Å². The van der Waals surface area contributed by atoms with Gasteiger partial charge in [0.1, 0.15) is 16.7 Å². The minimum absolute atomic E-state index is 0.109. The fourth-order valence-electron chi connectivity index (χ4n) is 3.33. The lowest BCUT2D eigenvalue weighted by Gasteiger charge is -2.39. The number of anilines is 2. The second-order valence-electron chi connectivity index (χ2n) is 6.38. The summed E-state index contributed by atoms with van der Waals surface area (Å²) in [5, 5.41) is 3.70. The van der Waals surface area contributed by atoms with Gasteiger partial charge in [0.15, 0.2) is 0 Å². The maximum Gasteiger partial charge on any atom is 0.223 e. The summed E-state index contributed by atoms with van der Waals surface area (Å²) in [7, 11) is 1.71. The van der Waals surface area contributed by atoms with Gasteiger partial charge in [-0.3, -0.25) is 0 Å². The molecule has 0 radical (unpaired) electrons. The molecule has 1 aliphatic heterocycles. The van der Waals surface area contributed by atoms with Crippen LogP contribution >= 0.6 is 11.6 Å². The molecule has 1 aliphatic rings. The maximum absolute atomic E-state index is 5.98. The van der Waals surface area contributed by atoms with E-state index in [1.165, 1.54) is 11.1 Å². The van der Waals surface area contributed by atoms with Crippen molar-refractivity contribution >= 4 is 23.4 Å². The molecule has 0 unspecified atom stereocenters. The highest BCUT2D eigenvalue weighted by molar-refractivity contribution is 6.29. The lowest BCUT2D eigenvalue weighted by Crippen LogP contribution is -2.40. The summed E-state index contributed by atoms with van der Waals surface area (Å²) in [6, 6.07) is 7.97. The zero-order valence-electron chi connectivity index (χ0n) is 14.5. The monoisotopic (exact) mass is 362 g/mol. The second-order valence-corrected chi connectivity index (χ2v) is 6.77. The Kier molecular flexibility index (Phi) is 5.30. The molecule has 3 N–H and O–H groups in total. The van der Waals surface area contributed by atoms with E-state index in [0.29, 0.717) is 30.7 Å². The number of aryl methyl sites for hydroxylation is 1. The molecular formula is C18H23ClN4O2. The molecule has 1 aromatic carbocycles. The van der Waals surface area contributed by atoms with Crippen LogP contribution in [0.2, 0.25) is 5.15 Å². The number of hydrogen-bond acceptors (Lipinski definition) is 6. The van der Waals surface area contributed by atoms with Gasteiger partial charge in [-0.15, -0.1) is 0 Å². The van der Waals surface area contributed by atoms with E-state index in [9.17, 15) is 0 Å². The molecule has 1 saturated heterocycles. The van der Waals surface area contributed by atoms with Crippen LogP contribution in [0.25, 0.3) is 0 Å². The van der Waals surface area contributed by atoms with Crippen molar-refractivity contribution in [2.45, 2.75) is 25.2 Å². The highest BCUT2D eigenvalue weighted by Crippen LogP contribution is 2.40. The number of methoxy groups -OCH3 is 1. The molecule has 2 aromatic rings. The van der Waals surface area contributed by atoms with E-state index in [1.807, 2.05) is 6.07 Å². The van der Waals surface area contributed by atoms with Crippen molar-refractivity contribution in [2.24, 2.45) is 0 Å². The molecule has 6 nitrogen and oxygen atoms in total. The van der Waals surface area contributed by atoms with Crippen molar-refractivity contribution in [1.82, 2.24) is 9.97 Å². The van der Waals surface area contributed by atoms with Crippen molar-refractivity contribution in [3.05, 3.63) is 40.5 Å². The Morgan fingerprint density at radius 3 is 2.72 bits per heavy atom. The van der Waals surface area contributed by atoms with Crippen molar-refractivity contribution in [1.29, 1.82) is 0 Å². The third kappa shape index (κ3) is 3.96. The van der Waals surface area contributed by atoms with Crippen LogP contribution in [-0.2, 0) is 10.2 Å². The summed E-state index contributed by atoms with van der Waals surface area (Å²) in [6.45, 7) is 4.20. The van der Waals surface area contributed by atoms with Gasteiger partial charge in [-0.05, 0) is 25.8 Å². The van der Waals surface area contributed by atoms with Crippen molar-refractivity contribution < 1.29 is 9.47 Å². The van der Waals surface area contributed by atoms with Crippen molar-refractivity contribution in [3.63, 3.8) is 0 Å². The number of nitrogens with two attached hydrogens (primary N) is 1. The molecule has 1 fully saturated rings. The molecule has 134 valence electrons. The largest absolute Gasteiger partial charge is 0.496 e. The lowest BCUT2D eigenvalue weighted by atomic mass is 9.73. The summed E-state index contributed by atoms with van der Waals surface area (Å²) in [4.78, 5) is 8.11. The quantitative estimate of drug-likeness (QED) is 0.795. The number of halogens is 1. The lowest BCUT2D eigenvalue weighted by molar-refractivity contribution is 0.0535. The standard InChI is InChI=1S/C18H23ClN4O2/c1-12-3-4-14(24-2)13(9-12)18(5-7-25-8-6-18)11-21-16-10-15(19)22-17(20)23-16/h3-4,9-10H,5-8,11H2,1-2H3,(H3,20,21,22,23). The number of rotatable bonds is 5. The Morgan fingerprint density at radius 2 is 2.04 bits per heavy atom. The number of ether oxygens (including phenoxy) is 2. The molecule has 0 spiro atoms. The first kappa shape index (κ1) is 17.8. The van der Waals surface area contributed by atoms with Crippen molar-refractivity contribution in [2.75, 3.05) is 37.9 Å². The molecule has 7 heteroatoms. The third-order valence-corrected chi connectivity index (χ3v) is 4.89. The molecule has 3 rings (SSSR count). The Hall–Kier alpha value is -2.05. The minimum atomic E-state index is -0.109. The van der Waals surface area contributed by atoms with Crippen LogP contribution in [0.3, 0.4) is 0 Å². The van der Waals surface area contributed by atoms with Crippen molar-refractivity contribution in [3.8, 4) is 5.75 Å². The van der Waals surface area contributed by atoms with E-state index >= 15 is 0 Å². The summed E-state index contributed by atoms with van der Waals surface area (Å²) in [5.41, 5.74) is 7.98. The van der Waals surface area contributed by atoms with Crippen LogP contribution in [-0.4, -0.2) is 36.8 Å². The fourth-order valence-corrected chi connectivity index (χ4v) is 3.52. The fraction of sp³-hybridized carbons (Fsp3) is 0.444. The molecule has 25 heavy (non-hydrogen) atoms. The zero-order valence-corrected chi connectivity index (χ0v) is 15.3. The highest BCUT2D eigenvalue weighted by atomic mass is 35.5. The number of nitrogens with zero attached hydrogens (tertiary/aromatic N) is 2. The van der Waals surface area contributed by atoms with Crippen LogP contribution in [0.15, 0.2) is 24.3 Å². The predicted octanol–water partition coefficient (Wildman–Crippen LogP) is 3.19. The predicted molar refractivity (Wildman–Crippen MR) is 99.4 cm³/mol. The van der Waals surface area contributed by atoms with Gasteiger partial charge in [0.05, 0.1) is 7.11 Å². The first-order valence-electron chi connectivity index (χ1n) is 8.29. The van der Waals surface area contributed by atoms with Gasteiger partial charge < -0.3 is 20.5 Å². The molecule has 0 aliphatic carbocycles. The number of nitrogens with one attached hydrogen (secondary N) is 1. The minimum Gasteiger partial charge on any atom is -0.496 e. The first-order valence-corrected chi connectivity index (χ1v) is 8.67. The van der Waals surface area contributed by atoms with Gasteiger partial charge in [-0.25, -0.2) is 4.98 Å². The summed E-state index contributed by atoms with van der Waals surface area (Å²) < 4.78 is 11.2. The summed E-state index contributed by atoms with van der Waals surface area (Å²) >= 11 is 5.98. The van der Waals surface area contributed by atoms with Crippen LogP contribution in [0.4, 0.5) is 11.8 Å². The average Bonchev–Trinajstić information content (AvgIpc) is 2.60. The Bertz CT molecular complexity index is 728. The number of hydrogen-bond donors (Lipinski definition) is 2. The molecule has 0 amide bonds.